The fourth-order valence-electron chi connectivity index (χ4n) is 6.26. The molecule has 2 saturated carbocycles. The average Bonchev–Trinajstić information content (AvgIpc) is 3.24. The number of fused-ring (bicyclic) bond motifs is 1. The Hall–Kier alpha value is -3.40. The van der Waals surface area contributed by atoms with E-state index in [9.17, 15) is 4.79 Å². The van der Waals surface area contributed by atoms with Gasteiger partial charge in [0, 0.05) is 43.9 Å². The molecule has 3 heterocycles. The summed E-state index contributed by atoms with van der Waals surface area (Å²) in [4.78, 5) is 26.1. The number of carbonyl (C=O) groups excluding carboxylic acids is 1. The molecule has 0 unspecified atom stereocenters. The molecule has 37 heavy (non-hydrogen) atoms. The van der Waals surface area contributed by atoms with Gasteiger partial charge in [-0.05, 0) is 56.2 Å². The highest BCUT2D eigenvalue weighted by atomic mass is 16.5. The van der Waals surface area contributed by atoms with Crippen molar-refractivity contribution in [2.24, 2.45) is 11.3 Å². The van der Waals surface area contributed by atoms with Crippen LogP contribution in [-0.4, -0.2) is 82.3 Å². The molecule has 0 bridgehead atoms. The summed E-state index contributed by atoms with van der Waals surface area (Å²) in [5.41, 5.74) is 9.75. The molecule has 10 nitrogen and oxygen atoms in total. The van der Waals surface area contributed by atoms with Crippen LogP contribution < -0.4 is 15.8 Å². The number of amides is 1. The SMILES string of the molecule is COc1cc(C(=O)N2CCN(C)CC2)ccc1Cn1ncc2nc(N)nc(NCC3CC4(CCC4)C3)c21. The smallest absolute Gasteiger partial charge is 0.254 e. The normalized spacial score (nSPS) is 19.6. The lowest BCUT2D eigenvalue weighted by Crippen LogP contribution is -2.47. The quantitative estimate of drug-likeness (QED) is 0.505. The van der Waals surface area contributed by atoms with Gasteiger partial charge in [0.1, 0.15) is 16.8 Å². The molecule has 1 aliphatic heterocycles. The van der Waals surface area contributed by atoms with Gasteiger partial charge in [0.2, 0.25) is 5.95 Å². The number of likely N-dealkylation sites (N-methyl/N-ethyl adjacent to an activating group) is 1. The minimum absolute atomic E-state index is 0.0394. The van der Waals surface area contributed by atoms with Crippen LogP contribution in [0, 0.1) is 11.3 Å². The van der Waals surface area contributed by atoms with Gasteiger partial charge in [-0.2, -0.15) is 10.1 Å². The van der Waals surface area contributed by atoms with Crippen molar-refractivity contribution >= 4 is 28.7 Å². The summed E-state index contributed by atoms with van der Waals surface area (Å²) >= 11 is 0. The molecule has 3 fully saturated rings. The molecule has 1 spiro atoms. The van der Waals surface area contributed by atoms with E-state index in [1.54, 1.807) is 13.3 Å². The molecule has 1 saturated heterocycles. The Balaban J connectivity index is 1.20. The summed E-state index contributed by atoms with van der Waals surface area (Å²) in [7, 11) is 3.71. The summed E-state index contributed by atoms with van der Waals surface area (Å²) in [6.45, 7) is 4.59. The standard InChI is InChI=1S/C27H36N8O2/c1-33-8-10-34(11-9-33)25(36)19-4-5-20(22(12-19)37-2)17-35-23-21(16-30-35)31-26(28)32-24(23)29-15-18-13-27(14-18)6-3-7-27/h4-5,12,16,18H,3,6-11,13-15,17H2,1-2H3,(H3,28,29,31,32). The van der Waals surface area contributed by atoms with Crippen LogP contribution in [0.3, 0.4) is 0 Å². The zero-order valence-corrected chi connectivity index (χ0v) is 21.7. The first kappa shape index (κ1) is 24.0. The summed E-state index contributed by atoms with van der Waals surface area (Å²) in [6.07, 6.45) is 8.50. The van der Waals surface area contributed by atoms with E-state index in [1.165, 1.54) is 32.1 Å². The van der Waals surface area contributed by atoms with E-state index in [-0.39, 0.29) is 11.9 Å². The van der Waals surface area contributed by atoms with Crippen molar-refractivity contribution in [3.8, 4) is 5.75 Å². The Bertz CT molecular complexity index is 1300. The predicted molar refractivity (Wildman–Crippen MR) is 143 cm³/mol. The number of anilines is 2. The Kier molecular flexibility index (Phi) is 6.14. The molecular weight excluding hydrogens is 468 g/mol. The summed E-state index contributed by atoms with van der Waals surface area (Å²) < 4.78 is 7.58. The van der Waals surface area contributed by atoms with Crippen LogP contribution >= 0.6 is 0 Å². The zero-order valence-electron chi connectivity index (χ0n) is 21.7. The second kappa shape index (κ2) is 9.48. The number of aromatic nitrogens is 4. The molecule has 196 valence electrons. The number of carbonyl (C=O) groups is 1. The highest BCUT2D eigenvalue weighted by Gasteiger charge is 2.47. The number of piperazine rings is 1. The topological polar surface area (TPSA) is 114 Å². The maximum Gasteiger partial charge on any atom is 0.254 e. The first-order valence-corrected chi connectivity index (χ1v) is 13.3. The molecule has 1 amide bonds. The molecule has 2 aromatic heterocycles. The lowest BCUT2D eigenvalue weighted by molar-refractivity contribution is -0.0185. The van der Waals surface area contributed by atoms with Crippen LogP contribution in [0.5, 0.6) is 5.75 Å². The zero-order chi connectivity index (χ0) is 25.6. The molecule has 6 rings (SSSR count). The highest BCUT2D eigenvalue weighted by molar-refractivity contribution is 5.95. The highest BCUT2D eigenvalue weighted by Crippen LogP contribution is 2.58. The number of benzene rings is 1. The van der Waals surface area contributed by atoms with Crippen molar-refractivity contribution in [1.82, 2.24) is 29.5 Å². The lowest BCUT2D eigenvalue weighted by Gasteiger charge is -2.54. The van der Waals surface area contributed by atoms with Gasteiger partial charge in [-0.15, -0.1) is 0 Å². The number of nitrogens with two attached hydrogens (primary N) is 1. The first-order valence-electron chi connectivity index (χ1n) is 13.3. The van der Waals surface area contributed by atoms with Crippen molar-refractivity contribution < 1.29 is 9.53 Å². The van der Waals surface area contributed by atoms with Gasteiger partial charge in [-0.25, -0.2) is 4.98 Å². The number of ether oxygens (including phenoxy) is 1. The van der Waals surface area contributed by atoms with Gasteiger partial charge in [-0.1, -0.05) is 12.5 Å². The largest absolute Gasteiger partial charge is 0.496 e. The van der Waals surface area contributed by atoms with Crippen LogP contribution in [0.1, 0.15) is 48.0 Å². The minimum atomic E-state index is 0.0394. The molecule has 2 aliphatic carbocycles. The van der Waals surface area contributed by atoms with E-state index in [2.05, 4.69) is 32.3 Å². The number of nitrogens with zero attached hydrogens (tertiary/aromatic N) is 6. The van der Waals surface area contributed by atoms with Gasteiger partial charge < -0.3 is 25.6 Å². The molecule has 0 radical (unpaired) electrons. The van der Waals surface area contributed by atoms with Crippen LogP contribution in [0.2, 0.25) is 0 Å². The van der Waals surface area contributed by atoms with Crippen molar-refractivity contribution in [3.63, 3.8) is 0 Å². The number of hydrogen-bond acceptors (Lipinski definition) is 8. The monoisotopic (exact) mass is 504 g/mol. The third-order valence-corrected chi connectivity index (χ3v) is 8.57. The molecule has 0 atom stereocenters. The molecule has 3 aromatic rings. The number of hydrogen-bond donors (Lipinski definition) is 2. The third kappa shape index (κ3) is 4.58. The fourth-order valence-corrected chi connectivity index (χ4v) is 6.26. The van der Waals surface area contributed by atoms with E-state index in [0.29, 0.717) is 34.7 Å². The second-order valence-electron chi connectivity index (χ2n) is 11.1. The first-order chi connectivity index (χ1) is 17.9. The van der Waals surface area contributed by atoms with E-state index in [4.69, 9.17) is 10.5 Å². The number of nitrogens with one attached hydrogen (secondary N) is 1. The predicted octanol–water partition coefficient (Wildman–Crippen LogP) is 2.85. The second-order valence-corrected chi connectivity index (χ2v) is 11.1. The van der Waals surface area contributed by atoms with Gasteiger partial charge in [0.15, 0.2) is 5.82 Å². The maximum atomic E-state index is 13.1. The summed E-state index contributed by atoms with van der Waals surface area (Å²) in [6, 6.07) is 5.67. The van der Waals surface area contributed by atoms with Crippen LogP contribution in [0.4, 0.5) is 11.8 Å². The molecule has 10 heteroatoms. The summed E-state index contributed by atoms with van der Waals surface area (Å²) in [5.74, 6) is 2.33. The Morgan fingerprint density at radius 3 is 2.68 bits per heavy atom. The van der Waals surface area contributed by atoms with Crippen molar-refractivity contribution in [1.29, 1.82) is 0 Å². The number of nitrogen functional groups attached to an aromatic ring is 1. The van der Waals surface area contributed by atoms with E-state index in [0.717, 1.165) is 49.6 Å². The lowest BCUT2D eigenvalue weighted by atomic mass is 9.52. The average molecular weight is 505 g/mol. The van der Waals surface area contributed by atoms with Gasteiger partial charge in [0.25, 0.3) is 5.91 Å². The molecule has 3 N–H and O–H groups in total. The third-order valence-electron chi connectivity index (χ3n) is 8.57. The van der Waals surface area contributed by atoms with E-state index < -0.39 is 0 Å². The van der Waals surface area contributed by atoms with Gasteiger partial charge in [-0.3, -0.25) is 9.48 Å². The molecular formula is C27H36N8O2. The van der Waals surface area contributed by atoms with E-state index in [1.807, 2.05) is 27.8 Å². The fraction of sp³-hybridized carbons (Fsp3) is 0.556. The van der Waals surface area contributed by atoms with Gasteiger partial charge in [0.05, 0.1) is 19.9 Å². The van der Waals surface area contributed by atoms with Crippen LogP contribution in [-0.2, 0) is 6.54 Å². The Labute approximate surface area is 217 Å². The van der Waals surface area contributed by atoms with Crippen LogP contribution in [0.15, 0.2) is 24.4 Å². The summed E-state index contributed by atoms with van der Waals surface area (Å²) in [5, 5.41) is 8.14. The number of methoxy groups -OCH3 is 1. The number of rotatable bonds is 7. The van der Waals surface area contributed by atoms with Crippen molar-refractivity contribution in [3.05, 3.63) is 35.5 Å². The Morgan fingerprint density at radius 2 is 1.97 bits per heavy atom. The van der Waals surface area contributed by atoms with Crippen LogP contribution in [0.25, 0.3) is 11.0 Å². The van der Waals surface area contributed by atoms with Gasteiger partial charge >= 0.3 is 0 Å². The van der Waals surface area contributed by atoms with Crippen molar-refractivity contribution in [2.45, 2.75) is 38.6 Å². The maximum absolute atomic E-state index is 13.1. The van der Waals surface area contributed by atoms with E-state index >= 15 is 0 Å². The molecule has 3 aliphatic rings. The Morgan fingerprint density at radius 1 is 1.19 bits per heavy atom. The minimum Gasteiger partial charge on any atom is -0.496 e. The van der Waals surface area contributed by atoms with Crippen molar-refractivity contribution in [2.75, 3.05) is 57.9 Å². The molecule has 1 aromatic carbocycles.